The summed E-state index contributed by atoms with van der Waals surface area (Å²) in [6, 6.07) is 11.9. The topological polar surface area (TPSA) is 99.4 Å². The number of aryl methyl sites for hydroxylation is 2. The zero-order chi connectivity index (χ0) is 27.5. The van der Waals surface area contributed by atoms with Gasteiger partial charge in [0.05, 0.1) is 47.2 Å². The van der Waals surface area contributed by atoms with E-state index in [4.69, 9.17) is 19.4 Å². The summed E-state index contributed by atoms with van der Waals surface area (Å²) in [5, 5.41) is 12.2. The highest BCUT2D eigenvalue weighted by molar-refractivity contribution is 6.08. The molecule has 0 amide bonds. The molecule has 5 aromatic rings. The van der Waals surface area contributed by atoms with Gasteiger partial charge in [-0.1, -0.05) is 0 Å². The highest BCUT2D eigenvalue weighted by atomic mass is 16.5. The van der Waals surface area contributed by atoms with Crippen LogP contribution in [-0.4, -0.2) is 42.8 Å². The summed E-state index contributed by atoms with van der Waals surface area (Å²) < 4.78 is 14.1. The second kappa shape index (κ2) is 9.17. The Kier molecular flexibility index (Phi) is 5.88. The van der Waals surface area contributed by atoms with E-state index in [-0.39, 0.29) is 0 Å². The lowest BCUT2D eigenvalue weighted by Gasteiger charge is -2.29. The van der Waals surface area contributed by atoms with Crippen LogP contribution in [0.5, 0.6) is 5.75 Å². The number of fused-ring (bicyclic) bond motifs is 1. The number of hydrogen-bond acceptors (Lipinski definition) is 6. The minimum atomic E-state index is -1.19. The van der Waals surface area contributed by atoms with E-state index in [1.54, 1.807) is 12.5 Å². The molecule has 4 heterocycles. The van der Waals surface area contributed by atoms with Crippen molar-refractivity contribution >= 4 is 27.8 Å². The molecule has 1 aliphatic rings. The van der Waals surface area contributed by atoms with E-state index in [2.05, 4.69) is 4.98 Å². The first-order valence-corrected chi connectivity index (χ1v) is 13.0. The van der Waals surface area contributed by atoms with Crippen LogP contribution in [0.2, 0.25) is 0 Å². The first-order chi connectivity index (χ1) is 18.6. The molecule has 39 heavy (non-hydrogen) atoms. The van der Waals surface area contributed by atoms with E-state index in [1.807, 2.05) is 81.9 Å². The summed E-state index contributed by atoms with van der Waals surface area (Å²) in [4.78, 5) is 26.8. The third-order valence-electron chi connectivity index (χ3n) is 7.12. The third-order valence-corrected chi connectivity index (χ3v) is 7.12. The Morgan fingerprint density at radius 2 is 2.00 bits per heavy atom. The quantitative estimate of drug-likeness (QED) is 0.301. The summed E-state index contributed by atoms with van der Waals surface area (Å²) in [5.41, 5.74) is 6.63. The van der Waals surface area contributed by atoms with Crippen LogP contribution in [-0.2, 0) is 23.0 Å². The lowest BCUT2D eigenvalue weighted by molar-refractivity contribution is -0.160. The first-order valence-electron chi connectivity index (χ1n) is 13.0. The standard InChI is InChI=1S/C31H30N4O4/c1-17-14-22-19(6-8-21(34-22)23-15-32-16-35(23)5)27(25(17)29(30(36)37)39-31(2,3)4)20-7-9-24-26-18(11-13-38-24)10-12-33-28(20)26/h6-10,12,14-16,29H,11,13H2,1-5H3,(H,36,37)/t29-/m0/s1. The lowest BCUT2D eigenvalue weighted by Crippen LogP contribution is -2.28. The van der Waals surface area contributed by atoms with Crippen molar-refractivity contribution < 1.29 is 19.4 Å². The van der Waals surface area contributed by atoms with Crippen molar-refractivity contribution in [2.75, 3.05) is 6.61 Å². The van der Waals surface area contributed by atoms with Gasteiger partial charge in [0.15, 0.2) is 6.10 Å². The number of nitrogens with zero attached hydrogens (tertiary/aromatic N) is 4. The van der Waals surface area contributed by atoms with Crippen LogP contribution in [0.1, 0.15) is 43.6 Å². The van der Waals surface area contributed by atoms with Crippen molar-refractivity contribution in [3.05, 3.63) is 71.8 Å². The number of carbonyl (C=O) groups is 1. The monoisotopic (exact) mass is 522 g/mol. The van der Waals surface area contributed by atoms with Crippen LogP contribution in [0.3, 0.4) is 0 Å². The van der Waals surface area contributed by atoms with Gasteiger partial charge in [-0.25, -0.2) is 14.8 Å². The molecule has 1 aliphatic heterocycles. The number of imidazole rings is 1. The minimum absolute atomic E-state index is 0.597. The van der Waals surface area contributed by atoms with Crippen LogP contribution < -0.4 is 4.74 Å². The van der Waals surface area contributed by atoms with Crippen LogP contribution in [0.4, 0.5) is 0 Å². The van der Waals surface area contributed by atoms with Crippen molar-refractivity contribution in [1.29, 1.82) is 0 Å². The molecule has 6 rings (SSSR count). The molecule has 1 N–H and O–H groups in total. The van der Waals surface area contributed by atoms with Gasteiger partial charge < -0.3 is 19.1 Å². The van der Waals surface area contributed by atoms with Gasteiger partial charge in [0, 0.05) is 41.6 Å². The molecule has 0 fully saturated rings. The van der Waals surface area contributed by atoms with Gasteiger partial charge >= 0.3 is 5.97 Å². The Morgan fingerprint density at radius 1 is 1.18 bits per heavy atom. The lowest BCUT2D eigenvalue weighted by atomic mass is 9.86. The number of carboxylic acids is 1. The van der Waals surface area contributed by atoms with E-state index in [9.17, 15) is 9.90 Å². The molecule has 0 aliphatic carbocycles. The Morgan fingerprint density at radius 3 is 2.72 bits per heavy atom. The van der Waals surface area contributed by atoms with Crippen LogP contribution in [0.25, 0.3) is 44.3 Å². The average Bonchev–Trinajstić information content (AvgIpc) is 3.32. The number of pyridine rings is 2. The Labute approximate surface area is 226 Å². The molecule has 0 unspecified atom stereocenters. The normalized spacial score (nSPS) is 14.0. The van der Waals surface area contributed by atoms with Crippen molar-refractivity contribution in [1.82, 2.24) is 19.5 Å². The van der Waals surface area contributed by atoms with Gasteiger partial charge in [0.1, 0.15) is 5.75 Å². The van der Waals surface area contributed by atoms with Crippen molar-refractivity contribution in [3.8, 4) is 28.3 Å². The maximum Gasteiger partial charge on any atom is 0.337 e. The molecule has 8 nitrogen and oxygen atoms in total. The van der Waals surface area contributed by atoms with Crippen molar-refractivity contribution in [3.63, 3.8) is 0 Å². The number of rotatable bonds is 5. The predicted molar refractivity (Wildman–Crippen MR) is 150 cm³/mol. The fraction of sp³-hybridized carbons (Fsp3) is 0.290. The molecule has 0 saturated carbocycles. The van der Waals surface area contributed by atoms with Gasteiger partial charge in [-0.05, 0) is 80.8 Å². The Hall–Kier alpha value is -4.30. The van der Waals surface area contributed by atoms with E-state index < -0.39 is 17.7 Å². The average molecular weight is 523 g/mol. The molecule has 8 heteroatoms. The van der Waals surface area contributed by atoms with Crippen molar-refractivity contribution in [2.24, 2.45) is 7.05 Å². The smallest absolute Gasteiger partial charge is 0.337 e. The van der Waals surface area contributed by atoms with Gasteiger partial charge in [0.25, 0.3) is 0 Å². The minimum Gasteiger partial charge on any atom is -0.493 e. The maximum absolute atomic E-state index is 12.7. The van der Waals surface area contributed by atoms with Gasteiger partial charge in [-0.2, -0.15) is 0 Å². The zero-order valence-electron chi connectivity index (χ0n) is 22.6. The zero-order valence-corrected chi connectivity index (χ0v) is 22.6. The molecule has 0 saturated heterocycles. The SMILES string of the molecule is Cc1cc2nc(-c3cncn3C)ccc2c(-c2ccc3c4c(ccnc24)CCO3)c1[C@H](OC(C)(C)C)C(=O)O. The van der Waals surface area contributed by atoms with Crippen LogP contribution in [0.15, 0.2) is 55.1 Å². The number of benzene rings is 2. The summed E-state index contributed by atoms with van der Waals surface area (Å²) in [6.07, 6.45) is 4.93. The highest BCUT2D eigenvalue weighted by Gasteiger charge is 2.33. The largest absolute Gasteiger partial charge is 0.493 e. The number of ether oxygens (including phenoxy) is 2. The van der Waals surface area contributed by atoms with Gasteiger partial charge in [-0.3, -0.25) is 4.98 Å². The van der Waals surface area contributed by atoms with Crippen LogP contribution >= 0.6 is 0 Å². The fourth-order valence-electron chi connectivity index (χ4n) is 5.49. The summed E-state index contributed by atoms with van der Waals surface area (Å²) >= 11 is 0. The summed E-state index contributed by atoms with van der Waals surface area (Å²) in [6.45, 7) is 8.12. The van der Waals surface area contributed by atoms with Crippen molar-refractivity contribution in [2.45, 2.75) is 45.8 Å². The molecule has 198 valence electrons. The highest BCUT2D eigenvalue weighted by Crippen LogP contribution is 2.45. The summed E-state index contributed by atoms with van der Waals surface area (Å²) in [7, 11) is 1.93. The maximum atomic E-state index is 12.7. The summed E-state index contributed by atoms with van der Waals surface area (Å²) in [5.74, 6) is -0.258. The van der Waals surface area contributed by atoms with E-state index in [0.717, 1.165) is 62.1 Å². The second-order valence-electron chi connectivity index (χ2n) is 11.0. The van der Waals surface area contributed by atoms with Gasteiger partial charge in [-0.15, -0.1) is 0 Å². The fourth-order valence-corrected chi connectivity index (χ4v) is 5.49. The van der Waals surface area contributed by atoms with E-state index in [1.165, 1.54) is 5.56 Å². The predicted octanol–water partition coefficient (Wildman–Crippen LogP) is 6.03. The number of aromatic nitrogens is 4. The molecule has 2 aromatic carbocycles. The molecule has 0 radical (unpaired) electrons. The number of carboxylic acid groups (broad SMARTS) is 1. The molecule has 0 spiro atoms. The second-order valence-corrected chi connectivity index (χ2v) is 11.0. The third kappa shape index (κ3) is 4.30. The van der Waals surface area contributed by atoms with Crippen LogP contribution in [0, 0.1) is 6.92 Å². The molecule has 3 aromatic heterocycles. The molecule has 0 bridgehead atoms. The molecular weight excluding hydrogens is 492 g/mol. The number of hydrogen-bond donors (Lipinski definition) is 1. The van der Waals surface area contributed by atoms with E-state index in [0.29, 0.717) is 12.2 Å². The number of aliphatic carboxylic acids is 1. The molecule has 1 atom stereocenters. The van der Waals surface area contributed by atoms with E-state index >= 15 is 0 Å². The Bertz CT molecular complexity index is 1760. The first kappa shape index (κ1) is 25.0. The van der Waals surface area contributed by atoms with Gasteiger partial charge in [0.2, 0.25) is 0 Å². The molecular formula is C31H30N4O4. The Balaban J connectivity index is 1.71.